The van der Waals surface area contributed by atoms with E-state index < -0.39 is 0 Å². The van der Waals surface area contributed by atoms with E-state index >= 15 is 0 Å². The van der Waals surface area contributed by atoms with Crippen molar-refractivity contribution in [1.29, 1.82) is 0 Å². The van der Waals surface area contributed by atoms with Gasteiger partial charge in [0.05, 0.1) is 0 Å². The summed E-state index contributed by atoms with van der Waals surface area (Å²) in [5.74, 6) is 0. The van der Waals surface area contributed by atoms with Crippen molar-refractivity contribution in [3.63, 3.8) is 0 Å². The van der Waals surface area contributed by atoms with Gasteiger partial charge >= 0.3 is 280 Å². The zero-order valence-corrected chi connectivity index (χ0v) is 29.0. The number of para-hydroxylation sites is 2. The van der Waals surface area contributed by atoms with Gasteiger partial charge in [0.25, 0.3) is 0 Å². The monoisotopic (exact) mass is 701 g/mol. The maximum atomic E-state index is 2.41. The first kappa shape index (κ1) is 29.0. The molecule has 0 fully saturated rings. The first-order valence-electron chi connectivity index (χ1n) is 17.1. The van der Waals surface area contributed by atoms with E-state index in [0.717, 1.165) is 0 Å². The van der Waals surface area contributed by atoms with Crippen LogP contribution in [0.1, 0.15) is 0 Å². The predicted octanol–water partition coefficient (Wildman–Crippen LogP) is 12.8. The van der Waals surface area contributed by atoms with Crippen LogP contribution in [0.5, 0.6) is 0 Å². The van der Waals surface area contributed by atoms with Crippen molar-refractivity contribution in [3.05, 3.63) is 188 Å². The molecule has 0 amide bonds. The number of fused-ring (bicyclic) bond motifs is 6. The molecule has 0 saturated carbocycles. The molecule has 8 aromatic carbocycles. The van der Waals surface area contributed by atoms with Crippen molar-refractivity contribution < 1.29 is 0 Å². The van der Waals surface area contributed by atoms with Crippen molar-refractivity contribution >= 4 is 55.6 Å². The average molecular weight is 701 g/mol. The second kappa shape index (κ2) is 11.9. The molecule has 0 bridgehead atoms. The van der Waals surface area contributed by atoms with Crippen molar-refractivity contribution in [3.8, 4) is 50.2 Å². The van der Waals surface area contributed by atoms with E-state index in [1.165, 1.54) is 91.3 Å². The Kier molecular flexibility index (Phi) is 6.91. The average Bonchev–Trinajstić information content (AvgIpc) is 3.74. The van der Waals surface area contributed by atoms with Crippen LogP contribution in [-0.2, 0) is 0 Å². The van der Waals surface area contributed by atoms with Gasteiger partial charge in [-0.3, -0.25) is 0 Å². The fraction of sp³-hybridized carbons (Fsp3) is 0. The quantitative estimate of drug-likeness (QED) is 0.158. The molecule has 2 heteroatoms. The molecule has 0 saturated heterocycles. The summed E-state index contributed by atoms with van der Waals surface area (Å²) < 4.78 is 5.33. The molecular formula is C48H31NSe. The molecule has 10 aromatic rings. The first-order valence-corrected chi connectivity index (χ1v) is 18.8. The Morgan fingerprint density at radius 1 is 0.320 bits per heavy atom. The third-order valence-corrected chi connectivity index (χ3v) is 12.5. The van der Waals surface area contributed by atoms with Crippen LogP contribution in [0.4, 0.5) is 0 Å². The normalized spacial score (nSPS) is 11.6. The minimum atomic E-state index is 0.254. The summed E-state index contributed by atoms with van der Waals surface area (Å²) in [6.07, 6.45) is 0. The Bertz CT molecular complexity index is 2860. The summed E-state index contributed by atoms with van der Waals surface area (Å²) in [6.45, 7) is 0. The summed E-state index contributed by atoms with van der Waals surface area (Å²) >= 11 is 0.254. The van der Waals surface area contributed by atoms with Gasteiger partial charge in [-0.05, 0) is 0 Å². The zero-order chi connectivity index (χ0) is 33.0. The molecule has 10 rings (SSSR count). The summed E-state index contributed by atoms with van der Waals surface area (Å²) in [4.78, 5) is 0. The number of aromatic nitrogens is 1. The third-order valence-electron chi connectivity index (χ3n) is 9.97. The van der Waals surface area contributed by atoms with Crippen LogP contribution < -0.4 is 0 Å². The first-order chi connectivity index (χ1) is 24.8. The second-order valence-electron chi connectivity index (χ2n) is 12.9. The van der Waals surface area contributed by atoms with Crippen LogP contribution >= 0.6 is 0 Å². The molecule has 0 radical (unpaired) electrons. The SMILES string of the molecule is c1ccc(-c2cccc(-c3cc(-c4ccc5c(c4)c4ccccc4n5-c4ccccc4)cc(-c4cccc5c4[se]c4ccccc45)c3)c2)cc1. The standard InChI is InChI=1S/C48H31NSe/c1-3-13-32(14-4-1)33-15-11-16-34(27-33)36-28-37(30-38(29-36)40-21-12-22-43-42-20-8-10-24-47(42)50-48(40)43)35-25-26-46-44(31-35)41-19-7-9-23-45(41)49(46)39-17-5-2-6-18-39/h1-31H. The topological polar surface area (TPSA) is 4.93 Å². The zero-order valence-electron chi connectivity index (χ0n) is 27.3. The van der Waals surface area contributed by atoms with E-state index in [1.807, 2.05) is 0 Å². The van der Waals surface area contributed by atoms with Crippen molar-refractivity contribution in [2.75, 3.05) is 0 Å². The molecule has 0 spiro atoms. The molecule has 234 valence electrons. The van der Waals surface area contributed by atoms with Gasteiger partial charge in [-0.1, -0.05) is 18.2 Å². The van der Waals surface area contributed by atoms with Gasteiger partial charge in [-0.25, -0.2) is 0 Å². The Labute approximate surface area is 297 Å². The van der Waals surface area contributed by atoms with Crippen LogP contribution in [0, 0.1) is 0 Å². The molecule has 1 nitrogen and oxygen atoms in total. The number of hydrogen-bond donors (Lipinski definition) is 0. The number of benzene rings is 8. The molecule has 0 aliphatic heterocycles. The Morgan fingerprint density at radius 3 is 1.70 bits per heavy atom. The Morgan fingerprint density at radius 2 is 0.880 bits per heavy atom. The van der Waals surface area contributed by atoms with Gasteiger partial charge in [-0.15, -0.1) is 0 Å². The van der Waals surface area contributed by atoms with Gasteiger partial charge < -0.3 is 0 Å². The van der Waals surface area contributed by atoms with E-state index in [9.17, 15) is 0 Å². The summed E-state index contributed by atoms with van der Waals surface area (Å²) in [5, 5.41) is 5.30. The van der Waals surface area contributed by atoms with Gasteiger partial charge in [0, 0.05) is 0 Å². The molecule has 2 heterocycles. The predicted molar refractivity (Wildman–Crippen MR) is 214 cm³/mol. The molecule has 0 atom stereocenters. The summed E-state index contributed by atoms with van der Waals surface area (Å²) in [5.41, 5.74) is 13.6. The molecule has 0 aliphatic rings. The number of rotatable bonds is 5. The fourth-order valence-electron chi connectivity index (χ4n) is 7.61. The van der Waals surface area contributed by atoms with E-state index in [2.05, 4.69) is 193 Å². The summed E-state index contributed by atoms with van der Waals surface area (Å²) in [7, 11) is 0. The van der Waals surface area contributed by atoms with Gasteiger partial charge in [-0.2, -0.15) is 0 Å². The number of hydrogen-bond acceptors (Lipinski definition) is 0. The van der Waals surface area contributed by atoms with Crippen molar-refractivity contribution in [2.45, 2.75) is 0 Å². The fourth-order valence-corrected chi connectivity index (χ4v) is 10.2. The summed E-state index contributed by atoms with van der Waals surface area (Å²) in [6, 6.07) is 69.1. The van der Waals surface area contributed by atoms with Crippen molar-refractivity contribution in [2.24, 2.45) is 0 Å². The van der Waals surface area contributed by atoms with Gasteiger partial charge in [0.2, 0.25) is 0 Å². The van der Waals surface area contributed by atoms with Gasteiger partial charge in [0.1, 0.15) is 0 Å². The van der Waals surface area contributed by atoms with Gasteiger partial charge in [0.15, 0.2) is 0 Å². The van der Waals surface area contributed by atoms with E-state index in [-0.39, 0.29) is 14.5 Å². The molecule has 2 aromatic heterocycles. The van der Waals surface area contributed by atoms with Crippen LogP contribution in [0.25, 0.3) is 91.3 Å². The van der Waals surface area contributed by atoms with Crippen LogP contribution in [-0.4, -0.2) is 19.1 Å². The molecular weight excluding hydrogens is 669 g/mol. The van der Waals surface area contributed by atoms with E-state index in [0.29, 0.717) is 0 Å². The number of nitrogens with zero attached hydrogens (tertiary/aromatic N) is 1. The van der Waals surface area contributed by atoms with Crippen molar-refractivity contribution in [1.82, 2.24) is 4.57 Å². The molecule has 0 aliphatic carbocycles. The second-order valence-corrected chi connectivity index (χ2v) is 15.2. The van der Waals surface area contributed by atoms with Crippen LogP contribution in [0.2, 0.25) is 0 Å². The minimum absolute atomic E-state index is 0.254. The molecule has 50 heavy (non-hydrogen) atoms. The molecule has 0 unspecified atom stereocenters. The van der Waals surface area contributed by atoms with Crippen LogP contribution in [0.3, 0.4) is 0 Å². The third kappa shape index (κ3) is 4.84. The van der Waals surface area contributed by atoms with Crippen LogP contribution in [0.15, 0.2) is 188 Å². The Balaban J connectivity index is 1.21. The Hall–Kier alpha value is -5.92. The maximum absolute atomic E-state index is 2.41. The van der Waals surface area contributed by atoms with E-state index in [1.54, 1.807) is 0 Å². The molecule has 0 N–H and O–H groups in total. The van der Waals surface area contributed by atoms with E-state index in [4.69, 9.17) is 0 Å².